The highest BCUT2D eigenvalue weighted by molar-refractivity contribution is 7.99. The number of carboxylic acid groups (broad SMARTS) is 1. The normalized spacial score (nSPS) is 22.1. The highest BCUT2D eigenvalue weighted by Crippen LogP contribution is 2.31. The highest BCUT2D eigenvalue weighted by Gasteiger charge is 2.32. The van der Waals surface area contributed by atoms with E-state index < -0.39 is 5.97 Å². The van der Waals surface area contributed by atoms with E-state index in [-0.39, 0.29) is 5.92 Å². The van der Waals surface area contributed by atoms with Crippen LogP contribution in [0.5, 0.6) is 0 Å². The highest BCUT2D eigenvalue weighted by atomic mass is 32.2. The van der Waals surface area contributed by atoms with E-state index in [1.807, 2.05) is 11.8 Å². The predicted octanol–water partition coefficient (Wildman–Crippen LogP) is 3.18. The Bertz CT molecular complexity index is 433. The van der Waals surface area contributed by atoms with Gasteiger partial charge in [0.15, 0.2) is 0 Å². The molecule has 1 aromatic carbocycles. The van der Waals surface area contributed by atoms with Gasteiger partial charge in [-0.2, -0.15) is 0 Å². The van der Waals surface area contributed by atoms with Gasteiger partial charge in [-0.25, -0.2) is 0 Å². The zero-order valence-electron chi connectivity index (χ0n) is 12.0. The molecule has 20 heavy (non-hydrogen) atoms. The van der Waals surface area contributed by atoms with Gasteiger partial charge >= 0.3 is 5.97 Å². The Hall–Kier alpha value is -1.00. The molecule has 0 aromatic heterocycles. The Kier molecular flexibility index (Phi) is 5.92. The average Bonchev–Trinajstić information content (AvgIpc) is 2.89. The van der Waals surface area contributed by atoms with Crippen LogP contribution in [0.25, 0.3) is 0 Å². The number of carbonyl (C=O) groups is 1. The van der Waals surface area contributed by atoms with Crippen molar-refractivity contribution < 1.29 is 9.90 Å². The monoisotopic (exact) mass is 293 g/mol. The molecule has 2 atom stereocenters. The second-order valence-corrected chi connectivity index (χ2v) is 6.67. The van der Waals surface area contributed by atoms with Crippen molar-refractivity contribution in [2.24, 2.45) is 11.8 Å². The van der Waals surface area contributed by atoms with Crippen LogP contribution in [0.15, 0.2) is 29.2 Å². The molecule has 0 heterocycles. The van der Waals surface area contributed by atoms with E-state index in [1.54, 1.807) is 0 Å². The molecule has 0 radical (unpaired) electrons. The fraction of sp³-hybridized carbons (Fsp3) is 0.562. The number of rotatable bonds is 7. The molecular formula is C16H23NO2S. The minimum Gasteiger partial charge on any atom is -0.481 e. The Balaban J connectivity index is 1.62. The molecule has 0 amide bonds. The maximum absolute atomic E-state index is 11.1. The van der Waals surface area contributed by atoms with Gasteiger partial charge in [-0.15, -0.1) is 11.8 Å². The first-order valence-electron chi connectivity index (χ1n) is 7.30. The summed E-state index contributed by atoms with van der Waals surface area (Å²) in [6.07, 6.45) is 2.95. The maximum Gasteiger partial charge on any atom is 0.306 e. The number of carboxylic acids is 1. The summed E-state index contributed by atoms with van der Waals surface area (Å²) in [5.41, 5.74) is 1.29. The van der Waals surface area contributed by atoms with Crippen molar-refractivity contribution >= 4 is 17.7 Å². The molecule has 3 nitrogen and oxygen atoms in total. The van der Waals surface area contributed by atoms with Crippen LogP contribution < -0.4 is 5.32 Å². The summed E-state index contributed by atoms with van der Waals surface area (Å²) in [6, 6.07) is 8.56. The minimum atomic E-state index is -0.622. The van der Waals surface area contributed by atoms with E-state index in [9.17, 15) is 4.79 Å². The molecule has 110 valence electrons. The van der Waals surface area contributed by atoms with Gasteiger partial charge in [-0.1, -0.05) is 24.1 Å². The van der Waals surface area contributed by atoms with Crippen LogP contribution >= 0.6 is 11.8 Å². The first-order chi connectivity index (χ1) is 9.66. The zero-order valence-corrected chi connectivity index (χ0v) is 12.8. The van der Waals surface area contributed by atoms with Gasteiger partial charge in [-0.05, 0) is 44.4 Å². The predicted molar refractivity (Wildman–Crippen MR) is 83.2 cm³/mol. The Morgan fingerprint density at radius 3 is 2.80 bits per heavy atom. The third-order valence-electron chi connectivity index (χ3n) is 3.95. The molecule has 0 saturated heterocycles. The number of hydrogen-bond acceptors (Lipinski definition) is 3. The van der Waals surface area contributed by atoms with Gasteiger partial charge in [0.2, 0.25) is 0 Å². The number of aliphatic carboxylic acids is 1. The van der Waals surface area contributed by atoms with Gasteiger partial charge in [0.05, 0.1) is 5.92 Å². The lowest BCUT2D eigenvalue weighted by molar-refractivity contribution is -0.142. The van der Waals surface area contributed by atoms with Crippen molar-refractivity contribution in [2.45, 2.75) is 31.1 Å². The number of thioether (sulfide) groups is 1. The van der Waals surface area contributed by atoms with Gasteiger partial charge in [-0.3, -0.25) is 4.79 Å². The van der Waals surface area contributed by atoms with Crippen LogP contribution in [-0.4, -0.2) is 29.9 Å². The molecule has 1 aliphatic rings. The molecule has 1 fully saturated rings. The van der Waals surface area contributed by atoms with Crippen molar-refractivity contribution in [3.05, 3.63) is 29.8 Å². The van der Waals surface area contributed by atoms with Gasteiger partial charge in [0, 0.05) is 17.2 Å². The summed E-state index contributed by atoms with van der Waals surface area (Å²) in [5, 5.41) is 12.5. The molecule has 0 bridgehead atoms. The lowest BCUT2D eigenvalue weighted by atomic mass is 9.96. The molecule has 0 spiro atoms. The lowest BCUT2D eigenvalue weighted by Crippen LogP contribution is -2.30. The van der Waals surface area contributed by atoms with Crippen molar-refractivity contribution in [2.75, 3.05) is 18.8 Å². The van der Waals surface area contributed by atoms with Crippen molar-refractivity contribution in [3.63, 3.8) is 0 Å². The third-order valence-corrected chi connectivity index (χ3v) is 4.97. The molecule has 2 N–H and O–H groups in total. The van der Waals surface area contributed by atoms with Crippen molar-refractivity contribution in [1.82, 2.24) is 5.32 Å². The molecule has 2 rings (SSSR count). The quantitative estimate of drug-likeness (QED) is 0.599. The van der Waals surface area contributed by atoms with Gasteiger partial charge in [0.25, 0.3) is 0 Å². The van der Waals surface area contributed by atoms with Crippen LogP contribution in [0.1, 0.15) is 24.8 Å². The van der Waals surface area contributed by atoms with E-state index in [1.165, 1.54) is 10.5 Å². The first-order valence-corrected chi connectivity index (χ1v) is 8.28. The number of benzene rings is 1. The molecule has 0 aliphatic heterocycles. The summed E-state index contributed by atoms with van der Waals surface area (Å²) < 4.78 is 0. The van der Waals surface area contributed by atoms with E-state index in [2.05, 4.69) is 36.5 Å². The van der Waals surface area contributed by atoms with E-state index in [4.69, 9.17) is 5.11 Å². The summed E-state index contributed by atoms with van der Waals surface area (Å²) in [6.45, 7) is 3.86. The Labute approximate surface area is 125 Å². The van der Waals surface area contributed by atoms with Crippen molar-refractivity contribution in [1.29, 1.82) is 0 Å². The average molecular weight is 293 g/mol. The standard InChI is InChI=1S/C16H23NO2S/c1-12-5-7-14(8-6-12)20-10-9-17-11-13-3-2-4-15(13)16(18)19/h5-8,13,15,17H,2-4,9-11H2,1H3,(H,18,19). The molecule has 1 saturated carbocycles. The molecule has 1 aliphatic carbocycles. The SMILES string of the molecule is Cc1ccc(SCCNCC2CCCC2C(=O)O)cc1. The number of hydrogen-bond donors (Lipinski definition) is 2. The largest absolute Gasteiger partial charge is 0.481 e. The van der Waals surface area contributed by atoms with E-state index >= 15 is 0 Å². The summed E-state index contributed by atoms with van der Waals surface area (Å²) in [4.78, 5) is 12.4. The maximum atomic E-state index is 11.1. The van der Waals surface area contributed by atoms with Crippen LogP contribution in [0.4, 0.5) is 0 Å². The molecule has 2 unspecified atom stereocenters. The fourth-order valence-electron chi connectivity index (χ4n) is 2.77. The molecule has 4 heteroatoms. The minimum absolute atomic E-state index is 0.132. The van der Waals surface area contributed by atoms with Gasteiger partial charge in [0.1, 0.15) is 0 Å². The summed E-state index contributed by atoms with van der Waals surface area (Å²) >= 11 is 1.84. The van der Waals surface area contributed by atoms with Gasteiger partial charge < -0.3 is 10.4 Å². The second-order valence-electron chi connectivity index (χ2n) is 5.50. The van der Waals surface area contributed by atoms with Crippen molar-refractivity contribution in [3.8, 4) is 0 Å². The first kappa shape index (κ1) is 15.4. The topological polar surface area (TPSA) is 49.3 Å². The van der Waals surface area contributed by atoms with E-state index in [0.717, 1.165) is 38.1 Å². The smallest absolute Gasteiger partial charge is 0.306 e. The fourth-order valence-corrected chi connectivity index (χ4v) is 3.58. The van der Waals surface area contributed by atoms with E-state index in [0.29, 0.717) is 5.92 Å². The molecule has 1 aromatic rings. The molecular weight excluding hydrogens is 270 g/mol. The van der Waals surface area contributed by atoms with Crippen LogP contribution in [-0.2, 0) is 4.79 Å². The third kappa shape index (κ3) is 4.53. The second kappa shape index (κ2) is 7.70. The van der Waals surface area contributed by atoms with Crippen LogP contribution in [0.2, 0.25) is 0 Å². The lowest BCUT2D eigenvalue weighted by Gasteiger charge is -2.16. The number of aryl methyl sites for hydroxylation is 1. The Morgan fingerprint density at radius 1 is 1.35 bits per heavy atom. The summed E-state index contributed by atoms with van der Waals surface area (Å²) in [7, 11) is 0. The zero-order chi connectivity index (χ0) is 14.4. The van der Waals surface area contributed by atoms with Crippen LogP contribution in [0, 0.1) is 18.8 Å². The van der Waals surface area contributed by atoms with Crippen LogP contribution in [0.3, 0.4) is 0 Å². The number of nitrogens with one attached hydrogen (secondary N) is 1. The Morgan fingerprint density at radius 2 is 2.10 bits per heavy atom. The summed E-state index contributed by atoms with van der Waals surface area (Å²) in [5.74, 6) is 0.584.